The molecule has 1 unspecified atom stereocenters. The third kappa shape index (κ3) is 7.68. The van der Waals surface area contributed by atoms with E-state index in [4.69, 9.17) is 0 Å². The molecule has 3 nitrogen and oxygen atoms in total. The van der Waals surface area contributed by atoms with Gasteiger partial charge in [0.25, 0.3) is 0 Å². The maximum atomic E-state index is 13.5. The Labute approximate surface area is 257 Å². The summed E-state index contributed by atoms with van der Waals surface area (Å²) < 4.78 is 12.3. The molecule has 1 atom stereocenters. The van der Waals surface area contributed by atoms with Gasteiger partial charge in [-0.15, -0.1) is 0 Å². The zero-order valence-electron chi connectivity index (χ0n) is 25.6. The standard InChI is InChI=1S/C22H21OP.C16H16O2P/c1-16-14-17(2)21(18(3)15-16)22(23)24(19-10-6-4-7-11-19)20-12-8-5-9-13-20;1-11-9-12(2)15(13(3)10-11)16(17)19(18)14-7-5-4-6-8-14/h4-15H,1-3H3;4-10H,1-3H3/q;+1. The van der Waals surface area contributed by atoms with Crippen molar-refractivity contribution in [3.05, 3.63) is 160 Å². The van der Waals surface area contributed by atoms with Crippen LogP contribution in [0, 0.1) is 41.5 Å². The summed E-state index contributed by atoms with van der Waals surface area (Å²) in [5.74, 6) is 0. The number of carbonyl (C=O) groups excluding carboxylic acids is 2. The van der Waals surface area contributed by atoms with Crippen molar-refractivity contribution in [1.82, 2.24) is 0 Å². The molecule has 0 amide bonds. The molecular formula is C38H37O3P2+. The highest BCUT2D eigenvalue weighted by Gasteiger charge is 2.34. The van der Waals surface area contributed by atoms with Crippen LogP contribution in [-0.4, -0.2) is 11.0 Å². The highest BCUT2D eigenvalue weighted by Crippen LogP contribution is 2.39. The third-order valence-corrected chi connectivity index (χ3v) is 10.8. The molecule has 0 radical (unpaired) electrons. The summed E-state index contributed by atoms with van der Waals surface area (Å²) in [6.07, 6.45) is 0. The maximum absolute atomic E-state index is 13.5. The van der Waals surface area contributed by atoms with Crippen LogP contribution >= 0.6 is 15.7 Å². The average molecular weight is 604 g/mol. The van der Waals surface area contributed by atoms with E-state index >= 15 is 0 Å². The molecule has 0 saturated heterocycles. The van der Waals surface area contributed by atoms with E-state index in [0.717, 1.165) is 44.0 Å². The van der Waals surface area contributed by atoms with E-state index in [1.807, 2.05) is 89.2 Å². The third-order valence-electron chi connectivity index (χ3n) is 7.19. The molecule has 0 heterocycles. The summed E-state index contributed by atoms with van der Waals surface area (Å²) in [6.45, 7) is 11.9. The molecule has 5 aromatic carbocycles. The van der Waals surface area contributed by atoms with Gasteiger partial charge in [-0.3, -0.25) is 4.79 Å². The van der Waals surface area contributed by atoms with Gasteiger partial charge in [0, 0.05) is 13.5 Å². The van der Waals surface area contributed by atoms with Crippen LogP contribution in [0.5, 0.6) is 0 Å². The largest absolute Gasteiger partial charge is 0.458 e. The molecule has 0 aliphatic heterocycles. The van der Waals surface area contributed by atoms with Crippen LogP contribution in [0.15, 0.2) is 115 Å². The molecule has 0 aliphatic carbocycles. The Balaban J connectivity index is 0.000000203. The first-order chi connectivity index (χ1) is 20.6. The Morgan fingerprint density at radius 3 is 1.26 bits per heavy atom. The Morgan fingerprint density at radius 2 is 0.860 bits per heavy atom. The summed E-state index contributed by atoms with van der Waals surface area (Å²) in [6, 6.07) is 37.3. The minimum absolute atomic E-state index is 0.234. The smallest absolute Gasteiger partial charge is 0.288 e. The van der Waals surface area contributed by atoms with Gasteiger partial charge in [-0.1, -0.05) is 119 Å². The molecule has 5 heteroatoms. The van der Waals surface area contributed by atoms with E-state index in [0.29, 0.717) is 10.9 Å². The van der Waals surface area contributed by atoms with Crippen molar-refractivity contribution in [2.24, 2.45) is 0 Å². The summed E-state index contributed by atoms with van der Waals surface area (Å²) >= 11 is 0. The summed E-state index contributed by atoms with van der Waals surface area (Å²) in [4.78, 5) is 25.9. The molecule has 0 aliphatic rings. The number of benzene rings is 5. The topological polar surface area (TPSA) is 51.2 Å². The predicted octanol–water partition coefficient (Wildman–Crippen LogP) is 8.79. The minimum Gasteiger partial charge on any atom is -0.288 e. The SMILES string of the molecule is Cc1cc(C)c(C(=O)P(c2ccccc2)c2ccccc2)c(C)c1.Cc1cc(C)c(C(=O)[P+](=O)c2ccccc2)c(C)c1. The van der Waals surface area contributed by atoms with E-state index in [2.05, 4.69) is 43.3 Å². The van der Waals surface area contributed by atoms with E-state index in [9.17, 15) is 14.2 Å². The lowest BCUT2D eigenvalue weighted by molar-refractivity contribution is 0.107. The van der Waals surface area contributed by atoms with Gasteiger partial charge in [0.05, 0.1) is 5.56 Å². The van der Waals surface area contributed by atoms with E-state index in [1.54, 1.807) is 24.3 Å². The molecule has 5 rings (SSSR count). The lowest BCUT2D eigenvalue weighted by Gasteiger charge is -2.20. The highest BCUT2D eigenvalue weighted by molar-refractivity contribution is 7.88. The summed E-state index contributed by atoms with van der Waals surface area (Å²) in [7, 11) is -3.11. The van der Waals surface area contributed by atoms with Crippen molar-refractivity contribution in [1.29, 1.82) is 0 Å². The van der Waals surface area contributed by atoms with Gasteiger partial charge in [-0.25, -0.2) is 4.79 Å². The average Bonchev–Trinajstić information content (AvgIpc) is 2.98. The van der Waals surface area contributed by atoms with Crippen LogP contribution in [0.4, 0.5) is 0 Å². The first-order valence-corrected chi connectivity index (χ1v) is 16.9. The number of aryl methyl sites for hydroxylation is 6. The molecule has 43 heavy (non-hydrogen) atoms. The van der Waals surface area contributed by atoms with Crippen molar-refractivity contribution in [2.75, 3.05) is 0 Å². The van der Waals surface area contributed by atoms with E-state index < -0.39 is 15.7 Å². The van der Waals surface area contributed by atoms with Crippen molar-refractivity contribution >= 4 is 42.7 Å². The van der Waals surface area contributed by atoms with E-state index in [-0.39, 0.29) is 11.0 Å². The summed E-state index contributed by atoms with van der Waals surface area (Å²) in [5, 5.41) is 2.79. The fourth-order valence-corrected chi connectivity index (χ4v) is 8.98. The molecule has 0 saturated carbocycles. The van der Waals surface area contributed by atoms with Gasteiger partial charge in [0.1, 0.15) is 0 Å². The number of rotatable bonds is 7. The molecule has 216 valence electrons. The molecule has 0 spiro atoms. The maximum Gasteiger partial charge on any atom is 0.458 e. The molecule has 5 aromatic rings. The summed E-state index contributed by atoms with van der Waals surface area (Å²) in [5.41, 5.74) is 7.65. The quantitative estimate of drug-likeness (QED) is 0.175. The number of carbonyl (C=O) groups is 2. The van der Waals surface area contributed by atoms with Gasteiger partial charge in [0.15, 0.2) is 10.8 Å². The lowest BCUT2D eigenvalue weighted by atomic mass is 10.0. The Hall–Kier alpha value is -4.03. The van der Waals surface area contributed by atoms with Crippen molar-refractivity contribution < 1.29 is 14.2 Å². The second-order valence-corrected chi connectivity index (χ2v) is 14.4. The van der Waals surface area contributed by atoms with Gasteiger partial charge < -0.3 is 0 Å². The predicted molar refractivity (Wildman–Crippen MR) is 183 cm³/mol. The molecule has 0 aromatic heterocycles. The first-order valence-electron chi connectivity index (χ1n) is 14.3. The van der Waals surface area contributed by atoms with Crippen LogP contribution in [0.3, 0.4) is 0 Å². The Bertz CT molecular complexity index is 1680. The van der Waals surface area contributed by atoms with E-state index in [1.165, 1.54) is 5.56 Å². The second kappa shape index (κ2) is 14.4. The van der Waals surface area contributed by atoms with Crippen molar-refractivity contribution in [3.8, 4) is 0 Å². The van der Waals surface area contributed by atoms with Gasteiger partial charge in [0.2, 0.25) is 0 Å². The number of hydrogen-bond donors (Lipinski definition) is 0. The highest BCUT2D eigenvalue weighted by atomic mass is 31.1. The van der Waals surface area contributed by atoms with Crippen LogP contribution in [0.1, 0.15) is 54.1 Å². The fourth-order valence-electron chi connectivity index (χ4n) is 5.47. The normalized spacial score (nSPS) is 11.0. The zero-order valence-corrected chi connectivity index (χ0v) is 27.4. The van der Waals surface area contributed by atoms with Gasteiger partial charge in [-0.05, 0) is 86.5 Å². The Kier molecular flexibility index (Phi) is 10.7. The Morgan fingerprint density at radius 1 is 0.512 bits per heavy atom. The fraction of sp³-hybridized carbons (Fsp3) is 0.158. The van der Waals surface area contributed by atoms with Crippen LogP contribution in [-0.2, 0) is 4.57 Å². The van der Waals surface area contributed by atoms with Crippen LogP contribution < -0.4 is 15.9 Å². The zero-order chi connectivity index (χ0) is 31.1. The van der Waals surface area contributed by atoms with Gasteiger partial charge >= 0.3 is 13.3 Å². The van der Waals surface area contributed by atoms with Crippen LogP contribution in [0.25, 0.3) is 0 Å². The van der Waals surface area contributed by atoms with Crippen molar-refractivity contribution in [2.45, 2.75) is 41.5 Å². The van der Waals surface area contributed by atoms with Crippen LogP contribution in [0.2, 0.25) is 0 Å². The number of hydrogen-bond acceptors (Lipinski definition) is 3. The van der Waals surface area contributed by atoms with Crippen molar-refractivity contribution in [3.63, 3.8) is 0 Å². The minimum atomic E-state index is -2.04. The first kappa shape index (κ1) is 31.9. The lowest BCUT2D eigenvalue weighted by Crippen LogP contribution is -2.19. The molecule has 0 bridgehead atoms. The van der Waals surface area contributed by atoms with Gasteiger partial charge in [-0.2, -0.15) is 0 Å². The second-order valence-electron chi connectivity index (χ2n) is 10.8. The monoisotopic (exact) mass is 603 g/mol. The molecule has 0 fully saturated rings. The molecule has 0 N–H and O–H groups in total. The molecular weight excluding hydrogens is 566 g/mol.